The molecule has 1 aliphatic rings. The number of benzene rings is 1. The summed E-state index contributed by atoms with van der Waals surface area (Å²) in [5, 5.41) is 14.0. The van der Waals surface area contributed by atoms with Crippen LogP contribution < -0.4 is 10.2 Å². The molecule has 1 atom stereocenters. The average Bonchev–Trinajstić information content (AvgIpc) is 3.35. The van der Waals surface area contributed by atoms with Crippen LogP contribution in [0.25, 0.3) is 10.9 Å². The maximum Gasteiger partial charge on any atom is 0.282 e. The van der Waals surface area contributed by atoms with Crippen molar-refractivity contribution in [2.75, 3.05) is 31.1 Å². The minimum absolute atomic E-state index is 0.000568. The normalized spacial score (nSPS) is 16.7. The van der Waals surface area contributed by atoms with Crippen LogP contribution in [0.15, 0.2) is 30.5 Å². The Kier molecular flexibility index (Phi) is 5.79. The Hall–Kier alpha value is -2.45. The molecule has 2 N–H and O–H groups in total. The number of nitrogens with zero attached hydrogens (tertiary/aromatic N) is 4. The van der Waals surface area contributed by atoms with E-state index in [1.807, 2.05) is 25.3 Å². The van der Waals surface area contributed by atoms with Crippen molar-refractivity contribution < 1.29 is 4.79 Å². The van der Waals surface area contributed by atoms with Gasteiger partial charge in [-0.05, 0) is 45.7 Å². The number of fused-ring (bicyclic) bond motifs is 1. The molecule has 7 nitrogen and oxygen atoms in total. The Bertz CT molecular complexity index is 1010. The number of nitrogens with one attached hydrogen (secondary N) is 2. The number of aromatic nitrogens is 3. The van der Waals surface area contributed by atoms with Crippen molar-refractivity contribution in [3.05, 3.63) is 41.0 Å². The van der Waals surface area contributed by atoms with Crippen LogP contribution >= 0.6 is 11.3 Å². The van der Waals surface area contributed by atoms with Crippen LogP contribution in [0.1, 0.15) is 43.1 Å². The van der Waals surface area contributed by atoms with E-state index < -0.39 is 0 Å². The van der Waals surface area contributed by atoms with E-state index in [1.165, 1.54) is 22.3 Å². The zero-order valence-corrected chi connectivity index (χ0v) is 18.9. The van der Waals surface area contributed by atoms with Gasteiger partial charge in [0.2, 0.25) is 10.1 Å². The third-order valence-corrected chi connectivity index (χ3v) is 6.67. The SMILES string of the molecule is CC(Cc1c[nH]c2ccccc12)NC(=O)c1nnc(N2CCN(C(C)(C)C)CC2)s1. The first kappa shape index (κ1) is 20.8. The van der Waals surface area contributed by atoms with E-state index in [9.17, 15) is 4.79 Å². The Morgan fingerprint density at radius 2 is 1.93 bits per heavy atom. The van der Waals surface area contributed by atoms with Crippen molar-refractivity contribution in [3.8, 4) is 0 Å². The molecule has 1 fully saturated rings. The van der Waals surface area contributed by atoms with Crippen molar-refractivity contribution >= 4 is 33.3 Å². The van der Waals surface area contributed by atoms with Crippen LogP contribution in [-0.2, 0) is 6.42 Å². The number of carbonyl (C=O) groups excluding carboxylic acids is 1. The molecule has 2 aromatic heterocycles. The summed E-state index contributed by atoms with van der Waals surface area (Å²) in [5.41, 5.74) is 2.50. The van der Waals surface area contributed by atoms with E-state index in [2.05, 4.69) is 63.2 Å². The molecule has 3 heterocycles. The highest BCUT2D eigenvalue weighted by atomic mass is 32.1. The predicted molar refractivity (Wildman–Crippen MR) is 122 cm³/mol. The number of piperazine rings is 1. The van der Waals surface area contributed by atoms with E-state index >= 15 is 0 Å². The van der Waals surface area contributed by atoms with Crippen molar-refractivity contribution in [3.63, 3.8) is 0 Å². The summed E-state index contributed by atoms with van der Waals surface area (Å²) in [6.07, 6.45) is 2.78. The lowest BCUT2D eigenvalue weighted by Gasteiger charge is -2.42. The molecule has 1 saturated heterocycles. The number of para-hydroxylation sites is 1. The van der Waals surface area contributed by atoms with Crippen LogP contribution in [0.2, 0.25) is 0 Å². The van der Waals surface area contributed by atoms with E-state index in [-0.39, 0.29) is 17.5 Å². The summed E-state index contributed by atoms with van der Waals surface area (Å²) in [7, 11) is 0. The molecule has 0 aliphatic carbocycles. The molecule has 160 valence electrons. The lowest BCUT2D eigenvalue weighted by Crippen LogP contribution is -2.53. The van der Waals surface area contributed by atoms with Crippen LogP contribution in [0.5, 0.6) is 0 Å². The zero-order valence-electron chi connectivity index (χ0n) is 18.1. The standard InChI is InChI=1S/C22H30N6OS/c1-15(13-16-14-23-18-8-6-5-7-17(16)18)24-19(29)20-25-26-21(30-20)27-9-11-28(12-10-27)22(2,3)4/h5-8,14-15,23H,9-13H2,1-4H3,(H,24,29). The van der Waals surface area contributed by atoms with E-state index in [1.54, 1.807) is 0 Å². The first-order chi connectivity index (χ1) is 14.3. The van der Waals surface area contributed by atoms with Crippen molar-refractivity contribution in [2.24, 2.45) is 0 Å². The second-order valence-electron chi connectivity index (χ2n) is 8.97. The van der Waals surface area contributed by atoms with Crippen LogP contribution in [0, 0.1) is 0 Å². The lowest BCUT2D eigenvalue weighted by molar-refractivity contribution is 0.0939. The van der Waals surface area contributed by atoms with Gasteiger partial charge in [0.15, 0.2) is 0 Å². The molecule has 1 unspecified atom stereocenters. The van der Waals surface area contributed by atoms with Crippen LogP contribution in [0.4, 0.5) is 5.13 Å². The van der Waals surface area contributed by atoms with Gasteiger partial charge in [-0.2, -0.15) is 0 Å². The predicted octanol–water partition coefficient (Wildman–Crippen LogP) is 3.30. The maximum absolute atomic E-state index is 12.7. The summed E-state index contributed by atoms with van der Waals surface area (Å²) in [5.74, 6) is -0.153. The summed E-state index contributed by atoms with van der Waals surface area (Å²) in [4.78, 5) is 20.7. The number of aromatic amines is 1. The molecule has 0 saturated carbocycles. The minimum Gasteiger partial charge on any atom is -0.361 e. The van der Waals surface area contributed by atoms with Crippen molar-refractivity contribution in [1.29, 1.82) is 0 Å². The fourth-order valence-corrected chi connectivity index (χ4v) is 4.77. The summed E-state index contributed by atoms with van der Waals surface area (Å²) < 4.78 is 0. The Labute approximate surface area is 181 Å². The molecule has 0 bridgehead atoms. The van der Waals surface area contributed by atoms with Gasteiger partial charge in [0, 0.05) is 54.9 Å². The zero-order chi connectivity index (χ0) is 21.3. The topological polar surface area (TPSA) is 77.1 Å². The van der Waals surface area contributed by atoms with Gasteiger partial charge in [-0.15, -0.1) is 10.2 Å². The molecule has 4 rings (SSSR count). The van der Waals surface area contributed by atoms with Gasteiger partial charge in [0.05, 0.1) is 0 Å². The molecule has 0 spiro atoms. The smallest absolute Gasteiger partial charge is 0.282 e. The molecular weight excluding hydrogens is 396 g/mol. The third kappa shape index (κ3) is 4.49. The second kappa shape index (κ2) is 8.35. The number of H-pyrrole nitrogens is 1. The fourth-order valence-electron chi connectivity index (χ4n) is 3.97. The van der Waals surface area contributed by atoms with Gasteiger partial charge in [-0.1, -0.05) is 29.5 Å². The van der Waals surface area contributed by atoms with Crippen molar-refractivity contribution in [1.82, 2.24) is 25.4 Å². The molecule has 1 amide bonds. The molecular formula is C22H30N6OS. The van der Waals surface area contributed by atoms with Gasteiger partial charge in [-0.3, -0.25) is 9.69 Å². The highest BCUT2D eigenvalue weighted by molar-refractivity contribution is 7.17. The highest BCUT2D eigenvalue weighted by Gasteiger charge is 2.27. The number of anilines is 1. The minimum atomic E-state index is -0.153. The molecule has 1 aliphatic heterocycles. The third-order valence-electron chi connectivity index (χ3n) is 5.69. The highest BCUT2D eigenvalue weighted by Crippen LogP contribution is 2.24. The second-order valence-corrected chi connectivity index (χ2v) is 9.93. The summed E-state index contributed by atoms with van der Waals surface area (Å²) >= 11 is 1.38. The Morgan fingerprint density at radius 3 is 2.67 bits per heavy atom. The van der Waals surface area contributed by atoms with E-state index in [0.717, 1.165) is 43.2 Å². The Morgan fingerprint density at radius 1 is 1.20 bits per heavy atom. The van der Waals surface area contributed by atoms with Crippen LogP contribution in [0.3, 0.4) is 0 Å². The van der Waals surface area contributed by atoms with Crippen molar-refractivity contribution in [2.45, 2.75) is 45.7 Å². The average molecular weight is 427 g/mol. The molecule has 3 aromatic rings. The largest absolute Gasteiger partial charge is 0.361 e. The molecule has 30 heavy (non-hydrogen) atoms. The Balaban J connectivity index is 1.34. The number of rotatable bonds is 5. The first-order valence-electron chi connectivity index (χ1n) is 10.5. The number of hydrogen-bond donors (Lipinski definition) is 2. The number of hydrogen-bond acceptors (Lipinski definition) is 6. The number of carbonyl (C=O) groups is 1. The van der Waals surface area contributed by atoms with E-state index in [4.69, 9.17) is 0 Å². The first-order valence-corrected chi connectivity index (χ1v) is 11.3. The summed E-state index contributed by atoms with van der Waals surface area (Å²) in [6, 6.07) is 8.22. The number of amides is 1. The molecule has 0 radical (unpaired) electrons. The fraction of sp³-hybridized carbons (Fsp3) is 0.500. The van der Waals surface area contributed by atoms with Gasteiger partial charge in [0.25, 0.3) is 5.91 Å². The quantitative estimate of drug-likeness (QED) is 0.655. The van der Waals surface area contributed by atoms with Gasteiger partial charge < -0.3 is 15.2 Å². The summed E-state index contributed by atoms with van der Waals surface area (Å²) in [6.45, 7) is 12.6. The maximum atomic E-state index is 12.7. The molecule has 8 heteroatoms. The van der Waals surface area contributed by atoms with E-state index in [0.29, 0.717) is 5.01 Å². The van der Waals surface area contributed by atoms with Gasteiger partial charge in [-0.25, -0.2) is 0 Å². The monoisotopic (exact) mass is 426 g/mol. The van der Waals surface area contributed by atoms with Crippen LogP contribution in [-0.4, -0.2) is 63.7 Å². The lowest BCUT2D eigenvalue weighted by atomic mass is 10.1. The molecule has 1 aromatic carbocycles. The van der Waals surface area contributed by atoms with Gasteiger partial charge in [0.1, 0.15) is 0 Å². The van der Waals surface area contributed by atoms with Gasteiger partial charge >= 0.3 is 0 Å².